The maximum absolute atomic E-state index is 13.1. The first kappa shape index (κ1) is 17.5. The van der Waals surface area contributed by atoms with E-state index < -0.39 is 5.60 Å². The van der Waals surface area contributed by atoms with Crippen LogP contribution in [0.2, 0.25) is 0 Å². The summed E-state index contributed by atoms with van der Waals surface area (Å²) in [4.78, 5) is 41.9. The molecule has 2 amide bonds. The highest BCUT2D eigenvalue weighted by Crippen LogP contribution is 2.45. The molecule has 1 aliphatic carbocycles. The quantitative estimate of drug-likeness (QED) is 0.743. The molecule has 0 radical (unpaired) electrons. The number of amides is 2. The highest BCUT2D eigenvalue weighted by molar-refractivity contribution is 7.12. The first-order valence-corrected chi connectivity index (χ1v) is 10.3. The smallest absolute Gasteiger partial charge is 0.307 e. The summed E-state index contributed by atoms with van der Waals surface area (Å²) < 4.78 is 5.67. The third kappa shape index (κ3) is 3.13. The van der Waals surface area contributed by atoms with Crippen molar-refractivity contribution in [3.63, 3.8) is 0 Å². The summed E-state index contributed by atoms with van der Waals surface area (Å²) in [5.74, 6) is -0.525. The van der Waals surface area contributed by atoms with Crippen LogP contribution in [-0.2, 0) is 14.3 Å². The van der Waals surface area contributed by atoms with E-state index in [1.807, 2.05) is 27.3 Å². The van der Waals surface area contributed by atoms with Gasteiger partial charge < -0.3 is 14.5 Å². The molecule has 1 saturated carbocycles. The molecule has 3 fully saturated rings. The fraction of sp³-hybridized carbons (Fsp3) is 0.632. The summed E-state index contributed by atoms with van der Waals surface area (Å²) in [6, 6.07) is 3.71. The van der Waals surface area contributed by atoms with Crippen LogP contribution in [0.1, 0.15) is 48.2 Å². The van der Waals surface area contributed by atoms with Crippen LogP contribution in [0, 0.1) is 5.92 Å². The molecule has 26 heavy (non-hydrogen) atoms. The Morgan fingerprint density at radius 2 is 1.77 bits per heavy atom. The zero-order valence-electron chi connectivity index (χ0n) is 14.8. The third-order valence-corrected chi connectivity index (χ3v) is 6.79. The Morgan fingerprint density at radius 1 is 1.08 bits per heavy atom. The molecule has 1 aromatic heterocycles. The molecule has 1 spiro atoms. The fourth-order valence-corrected chi connectivity index (χ4v) is 5.20. The normalized spacial score (nSPS) is 25.4. The van der Waals surface area contributed by atoms with Gasteiger partial charge in [0.25, 0.3) is 5.91 Å². The summed E-state index contributed by atoms with van der Waals surface area (Å²) in [5, 5.41) is 1.90. The second-order valence-corrected chi connectivity index (χ2v) is 8.40. The minimum Gasteiger partial charge on any atom is -0.458 e. The Kier molecular flexibility index (Phi) is 4.73. The average Bonchev–Trinajstić information content (AvgIpc) is 3.30. The molecule has 7 heteroatoms. The standard InChI is InChI=1S/C19H24N2O4S/c22-16-13-14(19(25-16)6-2-1-3-7-19)17(23)20-8-10-21(11-9-20)18(24)15-5-4-12-26-15/h4-5,12,14H,1-3,6-11,13H2/t14-/m0/s1. The molecule has 0 unspecified atom stereocenters. The van der Waals surface area contributed by atoms with Gasteiger partial charge in [-0.1, -0.05) is 12.5 Å². The van der Waals surface area contributed by atoms with Crippen LogP contribution in [-0.4, -0.2) is 59.4 Å². The number of esters is 1. The summed E-state index contributed by atoms with van der Waals surface area (Å²) in [7, 11) is 0. The van der Waals surface area contributed by atoms with Gasteiger partial charge >= 0.3 is 5.97 Å². The van der Waals surface area contributed by atoms with Gasteiger partial charge in [-0.2, -0.15) is 0 Å². The Morgan fingerprint density at radius 3 is 2.42 bits per heavy atom. The molecular formula is C19H24N2O4S. The van der Waals surface area contributed by atoms with Crippen LogP contribution < -0.4 is 0 Å². The first-order chi connectivity index (χ1) is 12.6. The SMILES string of the molecule is O=C1C[C@@H](C(=O)N2CCN(C(=O)c3cccs3)CC2)C2(CCCCC2)O1. The zero-order chi connectivity index (χ0) is 18.1. The van der Waals surface area contributed by atoms with Gasteiger partial charge in [-0.15, -0.1) is 11.3 Å². The molecule has 0 aromatic carbocycles. The fourth-order valence-electron chi connectivity index (χ4n) is 4.51. The number of carbonyl (C=O) groups is 3. The van der Waals surface area contributed by atoms with Crippen molar-refractivity contribution >= 4 is 29.1 Å². The van der Waals surface area contributed by atoms with Gasteiger partial charge in [-0.3, -0.25) is 14.4 Å². The first-order valence-electron chi connectivity index (χ1n) is 9.42. The second kappa shape index (κ2) is 7.02. The van der Waals surface area contributed by atoms with E-state index in [4.69, 9.17) is 4.74 Å². The molecule has 2 aliphatic heterocycles. The van der Waals surface area contributed by atoms with E-state index in [1.54, 1.807) is 0 Å². The van der Waals surface area contributed by atoms with E-state index in [9.17, 15) is 14.4 Å². The van der Waals surface area contributed by atoms with Crippen molar-refractivity contribution in [1.29, 1.82) is 0 Å². The maximum atomic E-state index is 13.1. The molecule has 140 valence electrons. The molecule has 6 nitrogen and oxygen atoms in total. The number of ether oxygens (including phenoxy) is 1. The van der Waals surface area contributed by atoms with Gasteiger partial charge in [-0.05, 0) is 37.1 Å². The van der Waals surface area contributed by atoms with Crippen molar-refractivity contribution < 1.29 is 19.1 Å². The molecule has 0 bridgehead atoms. The number of thiophene rings is 1. The minimum absolute atomic E-state index is 0.0287. The van der Waals surface area contributed by atoms with Gasteiger partial charge in [0.1, 0.15) is 5.60 Å². The molecular weight excluding hydrogens is 352 g/mol. The number of rotatable bonds is 2. The van der Waals surface area contributed by atoms with Crippen LogP contribution in [0.3, 0.4) is 0 Å². The van der Waals surface area contributed by atoms with Gasteiger partial charge in [0.15, 0.2) is 0 Å². The number of hydrogen-bond acceptors (Lipinski definition) is 5. The van der Waals surface area contributed by atoms with Crippen molar-refractivity contribution in [2.24, 2.45) is 5.92 Å². The molecule has 0 N–H and O–H groups in total. The van der Waals surface area contributed by atoms with Crippen molar-refractivity contribution in [3.8, 4) is 0 Å². The highest BCUT2D eigenvalue weighted by Gasteiger charge is 2.53. The van der Waals surface area contributed by atoms with Crippen LogP contribution in [0.5, 0.6) is 0 Å². The summed E-state index contributed by atoms with van der Waals surface area (Å²) >= 11 is 1.44. The van der Waals surface area contributed by atoms with E-state index in [1.165, 1.54) is 11.3 Å². The van der Waals surface area contributed by atoms with Gasteiger partial charge in [0.05, 0.1) is 17.2 Å². The average molecular weight is 376 g/mol. The van der Waals surface area contributed by atoms with Crippen molar-refractivity contribution in [1.82, 2.24) is 9.80 Å². The lowest BCUT2D eigenvalue weighted by Crippen LogP contribution is -2.54. The Hall–Kier alpha value is -1.89. The van der Waals surface area contributed by atoms with Crippen molar-refractivity contribution in [2.75, 3.05) is 26.2 Å². The molecule has 1 aromatic rings. The second-order valence-electron chi connectivity index (χ2n) is 7.45. The van der Waals surface area contributed by atoms with E-state index in [0.29, 0.717) is 26.2 Å². The molecule has 2 saturated heterocycles. The van der Waals surface area contributed by atoms with E-state index in [0.717, 1.165) is 37.0 Å². The monoisotopic (exact) mass is 376 g/mol. The van der Waals surface area contributed by atoms with Gasteiger partial charge in [0, 0.05) is 26.2 Å². The van der Waals surface area contributed by atoms with Crippen LogP contribution in [0.15, 0.2) is 17.5 Å². The summed E-state index contributed by atoms with van der Waals surface area (Å²) in [5.41, 5.74) is -0.573. The minimum atomic E-state index is -0.573. The summed E-state index contributed by atoms with van der Waals surface area (Å²) in [6.07, 6.45) is 4.97. The summed E-state index contributed by atoms with van der Waals surface area (Å²) in [6.45, 7) is 2.13. The molecule has 3 aliphatic rings. The van der Waals surface area contributed by atoms with Crippen LogP contribution in [0.4, 0.5) is 0 Å². The Bertz CT molecular complexity index is 688. The van der Waals surface area contributed by atoms with Gasteiger partial charge in [0.2, 0.25) is 5.91 Å². The van der Waals surface area contributed by atoms with Gasteiger partial charge in [-0.25, -0.2) is 0 Å². The van der Waals surface area contributed by atoms with Crippen molar-refractivity contribution in [3.05, 3.63) is 22.4 Å². The van der Waals surface area contributed by atoms with E-state index >= 15 is 0 Å². The highest BCUT2D eigenvalue weighted by atomic mass is 32.1. The predicted molar refractivity (Wildman–Crippen MR) is 96.8 cm³/mol. The van der Waals surface area contributed by atoms with E-state index in [2.05, 4.69) is 0 Å². The largest absolute Gasteiger partial charge is 0.458 e. The molecule has 4 rings (SSSR count). The predicted octanol–water partition coefficient (Wildman–Crippen LogP) is 2.30. The lowest BCUT2D eigenvalue weighted by Gasteiger charge is -2.40. The lowest BCUT2D eigenvalue weighted by molar-refractivity contribution is -0.156. The number of carbonyl (C=O) groups excluding carboxylic acids is 3. The topological polar surface area (TPSA) is 66.9 Å². The third-order valence-electron chi connectivity index (χ3n) is 5.93. The number of hydrogen-bond donors (Lipinski definition) is 0. The van der Waals surface area contributed by atoms with Crippen molar-refractivity contribution in [2.45, 2.75) is 44.1 Å². The number of piperazine rings is 1. The molecule has 1 atom stereocenters. The Labute approximate surface area is 157 Å². The maximum Gasteiger partial charge on any atom is 0.307 e. The zero-order valence-corrected chi connectivity index (χ0v) is 15.6. The van der Waals surface area contributed by atoms with Crippen LogP contribution in [0.25, 0.3) is 0 Å². The van der Waals surface area contributed by atoms with Crippen LogP contribution >= 0.6 is 11.3 Å². The Balaban J connectivity index is 1.40. The molecule has 3 heterocycles. The number of nitrogens with zero attached hydrogens (tertiary/aromatic N) is 2. The lowest BCUT2D eigenvalue weighted by atomic mass is 9.75. The van der Waals surface area contributed by atoms with E-state index in [-0.39, 0.29) is 30.1 Å².